The van der Waals surface area contributed by atoms with Crippen LogP contribution in [0.4, 0.5) is 11.4 Å². The van der Waals surface area contributed by atoms with Gasteiger partial charge in [0.25, 0.3) is 0 Å². The Morgan fingerprint density at radius 2 is 0.900 bits per heavy atom. The maximum absolute atomic E-state index is 11.9. The fourth-order valence-corrected chi connectivity index (χ4v) is 5.23. The highest BCUT2D eigenvalue weighted by Gasteiger charge is 2.23. The highest BCUT2D eigenvalue weighted by Crippen LogP contribution is 2.54. The Labute approximate surface area is 182 Å². The monoisotopic (exact) mass is 446 g/mol. The number of benzene rings is 2. The quantitative estimate of drug-likeness (QED) is 0.397. The van der Waals surface area contributed by atoms with Gasteiger partial charge in [-0.05, 0) is 49.3 Å². The third kappa shape index (κ3) is 6.49. The van der Waals surface area contributed by atoms with Crippen LogP contribution in [0, 0.1) is 0 Å². The molecule has 6 heteroatoms. The van der Waals surface area contributed by atoms with E-state index < -0.39 is 14.6 Å². The zero-order valence-electron chi connectivity index (χ0n) is 19.5. The zero-order valence-corrected chi connectivity index (χ0v) is 21.3. The van der Waals surface area contributed by atoms with Gasteiger partial charge in [-0.1, -0.05) is 64.1 Å². The largest absolute Gasteiger partial charge is 0.333 e. The van der Waals surface area contributed by atoms with Crippen LogP contribution in [0.3, 0.4) is 0 Å². The van der Waals surface area contributed by atoms with Crippen molar-refractivity contribution in [2.24, 2.45) is 0 Å². The van der Waals surface area contributed by atoms with E-state index in [0.29, 0.717) is 0 Å². The standard InChI is InChI=1S/2C10H12NOP.2C2H6/c2*1-8-7-9-5-3-4-6-10(9)11-13(8,2)12;2*1-2/h2*3-7H,1-2H3,(H,11,12);2*1-2H3. The van der Waals surface area contributed by atoms with Crippen LogP contribution in [0.15, 0.2) is 59.2 Å². The van der Waals surface area contributed by atoms with Gasteiger partial charge in [-0.3, -0.25) is 9.13 Å². The number of hydrogen-bond acceptors (Lipinski definition) is 2. The van der Waals surface area contributed by atoms with Crippen molar-refractivity contribution in [1.29, 1.82) is 0 Å². The van der Waals surface area contributed by atoms with Crippen LogP contribution >= 0.6 is 14.6 Å². The third-order valence-electron chi connectivity index (χ3n) is 4.66. The summed E-state index contributed by atoms with van der Waals surface area (Å²) in [4.78, 5) is 0. The minimum atomic E-state index is -2.30. The molecular weight excluding hydrogens is 410 g/mol. The molecule has 2 atom stereocenters. The first-order valence-electron chi connectivity index (χ1n) is 10.5. The van der Waals surface area contributed by atoms with E-state index >= 15 is 0 Å². The minimum absolute atomic E-state index is 0.936. The van der Waals surface area contributed by atoms with Crippen molar-refractivity contribution in [3.63, 3.8) is 0 Å². The lowest BCUT2D eigenvalue weighted by Crippen LogP contribution is -2.02. The van der Waals surface area contributed by atoms with Gasteiger partial charge in [0, 0.05) is 35.3 Å². The molecule has 0 spiro atoms. The maximum atomic E-state index is 11.9. The van der Waals surface area contributed by atoms with Gasteiger partial charge >= 0.3 is 0 Å². The van der Waals surface area contributed by atoms with E-state index in [1.54, 1.807) is 13.3 Å². The van der Waals surface area contributed by atoms with Crippen molar-refractivity contribution >= 4 is 38.1 Å². The highest BCUT2D eigenvalue weighted by atomic mass is 31.2. The van der Waals surface area contributed by atoms with Gasteiger partial charge in [0.15, 0.2) is 14.6 Å². The molecule has 2 aliphatic rings. The van der Waals surface area contributed by atoms with E-state index in [1.807, 2.05) is 102 Å². The molecule has 4 rings (SSSR count). The average molecular weight is 447 g/mol. The van der Waals surface area contributed by atoms with Gasteiger partial charge in [-0.25, -0.2) is 0 Å². The minimum Gasteiger partial charge on any atom is -0.333 e. The Kier molecular flexibility index (Phi) is 9.88. The topological polar surface area (TPSA) is 58.2 Å². The number of fused-ring (bicyclic) bond motifs is 2. The van der Waals surface area contributed by atoms with Crippen molar-refractivity contribution in [3.05, 3.63) is 70.3 Å². The molecule has 0 radical (unpaired) electrons. The molecule has 2 aromatic carbocycles. The molecule has 164 valence electrons. The summed E-state index contributed by atoms with van der Waals surface area (Å²) in [7, 11) is -4.60. The molecule has 2 heterocycles. The van der Waals surface area contributed by atoms with Gasteiger partial charge in [0.05, 0.1) is 0 Å². The lowest BCUT2D eigenvalue weighted by atomic mass is 10.2. The third-order valence-corrected chi connectivity index (χ3v) is 8.95. The van der Waals surface area contributed by atoms with Gasteiger partial charge in [0.2, 0.25) is 0 Å². The molecule has 0 saturated carbocycles. The summed E-state index contributed by atoms with van der Waals surface area (Å²) in [6, 6.07) is 15.8. The second kappa shape index (κ2) is 11.4. The molecule has 0 amide bonds. The Bertz CT molecular complexity index is 928. The molecule has 0 aliphatic carbocycles. The lowest BCUT2D eigenvalue weighted by Gasteiger charge is -2.23. The van der Waals surface area contributed by atoms with Crippen LogP contribution in [-0.2, 0) is 9.13 Å². The first-order chi connectivity index (χ1) is 14.2. The Hall–Kier alpha value is -2.02. The van der Waals surface area contributed by atoms with Crippen molar-refractivity contribution in [2.75, 3.05) is 23.5 Å². The molecule has 2 N–H and O–H groups in total. The van der Waals surface area contributed by atoms with Crippen LogP contribution in [-0.4, -0.2) is 13.3 Å². The Balaban J connectivity index is 0.000000258. The fourth-order valence-electron chi connectivity index (χ4n) is 2.78. The van der Waals surface area contributed by atoms with Gasteiger partial charge < -0.3 is 10.2 Å². The van der Waals surface area contributed by atoms with E-state index in [4.69, 9.17) is 0 Å². The van der Waals surface area contributed by atoms with E-state index in [2.05, 4.69) is 10.2 Å². The van der Waals surface area contributed by atoms with E-state index in [-0.39, 0.29) is 0 Å². The summed E-state index contributed by atoms with van der Waals surface area (Å²) in [5, 5.41) is 8.02. The SMILES string of the molecule is CC.CC.CC1=Cc2ccccc2NP1(C)=O.CC1=Cc2ccccc2NP1(C)=O. The molecule has 2 aliphatic heterocycles. The predicted octanol–water partition coefficient (Wildman–Crippen LogP) is 8.81. The Morgan fingerprint density at radius 1 is 0.600 bits per heavy atom. The van der Waals surface area contributed by atoms with Crippen LogP contribution in [0.25, 0.3) is 12.2 Å². The van der Waals surface area contributed by atoms with Crippen molar-refractivity contribution < 1.29 is 9.13 Å². The molecule has 0 saturated heterocycles. The molecule has 0 aromatic heterocycles. The van der Waals surface area contributed by atoms with Crippen LogP contribution < -0.4 is 10.2 Å². The summed E-state index contributed by atoms with van der Waals surface area (Å²) in [6.45, 7) is 15.3. The number of rotatable bonds is 0. The summed E-state index contributed by atoms with van der Waals surface area (Å²) in [6.07, 6.45) is 3.99. The summed E-state index contributed by atoms with van der Waals surface area (Å²) >= 11 is 0. The maximum Gasteiger partial charge on any atom is 0.191 e. The van der Waals surface area contributed by atoms with Gasteiger partial charge in [-0.15, -0.1) is 0 Å². The van der Waals surface area contributed by atoms with Crippen LogP contribution in [0.5, 0.6) is 0 Å². The van der Waals surface area contributed by atoms with E-state index in [1.165, 1.54) is 0 Å². The fraction of sp³-hybridized carbons (Fsp3) is 0.333. The number of hydrogen-bond donors (Lipinski definition) is 2. The van der Waals surface area contributed by atoms with Gasteiger partial charge in [0.1, 0.15) is 0 Å². The molecule has 0 bridgehead atoms. The van der Waals surface area contributed by atoms with Crippen molar-refractivity contribution in [3.8, 4) is 0 Å². The second-order valence-corrected chi connectivity index (χ2v) is 12.4. The second-order valence-electron chi connectivity index (χ2n) is 6.82. The Morgan fingerprint density at radius 3 is 1.23 bits per heavy atom. The van der Waals surface area contributed by atoms with Crippen LogP contribution in [0.2, 0.25) is 0 Å². The number of anilines is 2. The predicted molar refractivity (Wildman–Crippen MR) is 137 cm³/mol. The van der Waals surface area contributed by atoms with Crippen LogP contribution in [0.1, 0.15) is 52.7 Å². The lowest BCUT2D eigenvalue weighted by molar-refractivity contribution is 0.585. The summed E-state index contributed by atoms with van der Waals surface area (Å²) in [5.74, 6) is 0. The average Bonchev–Trinajstić information content (AvgIpc) is 2.73. The van der Waals surface area contributed by atoms with Crippen molar-refractivity contribution in [2.45, 2.75) is 41.5 Å². The molecule has 2 unspecified atom stereocenters. The zero-order chi connectivity index (χ0) is 22.9. The normalized spacial score (nSPS) is 22.8. The number of para-hydroxylation sites is 2. The van der Waals surface area contributed by atoms with Gasteiger partial charge in [-0.2, -0.15) is 0 Å². The van der Waals surface area contributed by atoms with E-state index in [0.717, 1.165) is 33.1 Å². The summed E-state index contributed by atoms with van der Waals surface area (Å²) < 4.78 is 23.9. The molecular formula is C24H36N2O2P2. The first kappa shape index (κ1) is 26.0. The molecule has 2 aromatic rings. The summed E-state index contributed by atoms with van der Waals surface area (Å²) in [5.41, 5.74) is 4.18. The first-order valence-corrected chi connectivity index (χ1v) is 14.8. The molecule has 4 nitrogen and oxygen atoms in total. The molecule has 30 heavy (non-hydrogen) atoms. The van der Waals surface area contributed by atoms with E-state index in [9.17, 15) is 9.13 Å². The van der Waals surface area contributed by atoms with Crippen molar-refractivity contribution in [1.82, 2.24) is 0 Å². The number of nitrogens with one attached hydrogen (secondary N) is 2. The highest BCUT2D eigenvalue weighted by molar-refractivity contribution is 7.69. The smallest absolute Gasteiger partial charge is 0.191 e. The number of allylic oxidation sites excluding steroid dienone is 2. The molecule has 0 fully saturated rings.